The van der Waals surface area contributed by atoms with Crippen molar-refractivity contribution in [1.82, 2.24) is 9.80 Å². The standard InChI is InChI=1S/C26H32ClF3N2O2/c1-19(2)3-12-25(33)32-15-13-31(14-16-32)17-24(21-6-10-23(27)11-7-21)34-18-20-4-8-22(9-5-20)26(28,29)30/h4-11,19,24H,3,12-18H2,1-2H3. The lowest BCUT2D eigenvalue weighted by Gasteiger charge is -2.36. The zero-order chi connectivity index (χ0) is 24.7. The summed E-state index contributed by atoms with van der Waals surface area (Å²) in [7, 11) is 0. The number of rotatable bonds is 9. The zero-order valence-corrected chi connectivity index (χ0v) is 20.4. The molecule has 0 bridgehead atoms. The van der Waals surface area contributed by atoms with Gasteiger partial charge in [-0.15, -0.1) is 0 Å². The predicted octanol–water partition coefficient (Wildman–Crippen LogP) is 6.20. The van der Waals surface area contributed by atoms with Gasteiger partial charge in [0.05, 0.1) is 18.3 Å². The minimum Gasteiger partial charge on any atom is -0.368 e. The van der Waals surface area contributed by atoms with E-state index in [1.54, 1.807) is 12.1 Å². The molecule has 3 rings (SSSR count). The Morgan fingerprint density at radius 3 is 2.18 bits per heavy atom. The third-order valence-corrected chi connectivity index (χ3v) is 6.31. The van der Waals surface area contributed by atoms with E-state index in [-0.39, 0.29) is 18.6 Å². The van der Waals surface area contributed by atoms with Crippen molar-refractivity contribution in [2.24, 2.45) is 5.92 Å². The Bertz CT molecular complexity index is 909. The number of ether oxygens (including phenoxy) is 1. The van der Waals surface area contributed by atoms with Crippen molar-refractivity contribution in [3.63, 3.8) is 0 Å². The lowest BCUT2D eigenvalue weighted by molar-refractivity contribution is -0.137. The van der Waals surface area contributed by atoms with Gasteiger partial charge in [0.2, 0.25) is 5.91 Å². The first-order chi connectivity index (χ1) is 16.1. The van der Waals surface area contributed by atoms with Gasteiger partial charge in [0.15, 0.2) is 0 Å². The first-order valence-electron chi connectivity index (χ1n) is 11.6. The van der Waals surface area contributed by atoms with Crippen molar-refractivity contribution < 1.29 is 22.7 Å². The maximum absolute atomic E-state index is 12.8. The number of nitrogens with zero attached hydrogens (tertiary/aromatic N) is 2. The van der Waals surface area contributed by atoms with Crippen LogP contribution in [0.4, 0.5) is 13.2 Å². The van der Waals surface area contributed by atoms with Crippen LogP contribution < -0.4 is 0 Å². The van der Waals surface area contributed by atoms with Crippen LogP contribution in [0.1, 0.15) is 49.5 Å². The number of hydrogen-bond donors (Lipinski definition) is 0. The Kier molecular flexibility index (Phi) is 9.39. The number of alkyl halides is 3. The number of halogens is 4. The van der Waals surface area contributed by atoms with E-state index >= 15 is 0 Å². The highest BCUT2D eigenvalue weighted by atomic mass is 35.5. The molecular weight excluding hydrogens is 465 g/mol. The summed E-state index contributed by atoms with van der Waals surface area (Å²) in [5.41, 5.74) is 0.950. The Labute approximate surface area is 204 Å². The minimum absolute atomic E-state index is 0.194. The number of benzene rings is 2. The largest absolute Gasteiger partial charge is 0.416 e. The van der Waals surface area contributed by atoms with Gasteiger partial charge in [-0.1, -0.05) is 49.7 Å². The molecule has 1 aliphatic heterocycles. The highest BCUT2D eigenvalue weighted by Crippen LogP contribution is 2.30. The van der Waals surface area contributed by atoms with E-state index in [4.69, 9.17) is 16.3 Å². The molecule has 1 atom stereocenters. The van der Waals surface area contributed by atoms with Crippen LogP contribution in [0.2, 0.25) is 5.02 Å². The van der Waals surface area contributed by atoms with Crippen LogP contribution in [-0.2, 0) is 22.3 Å². The van der Waals surface area contributed by atoms with Crippen LogP contribution in [-0.4, -0.2) is 48.4 Å². The van der Waals surface area contributed by atoms with Gasteiger partial charge in [-0.25, -0.2) is 0 Å². The van der Waals surface area contributed by atoms with Crippen LogP contribution >= 0.6 is 11.6 Å². The minimum atomic E-state index is -4.36. The molecule has 1 unspecified atom stereocenters. The van der Waals surface area contributed by atoms with Crippen LogP contribution in [0.25, 0.3) is 0 Å². The van der Waals surface area contributed by atoms with Gasteiger partial charge >= 0.3 is 6.18 Å². The van der Waals surface area contributed by atoms with E-state index in [2.05, 4.69) is 18.7 Å². The second kappa shape index (κ2) is 12.0. The number of amides is 1. The van der Waals surface area contributed by atoms with Gasteiger partial charge in [0.1, 0.15) is 0 Å². The van der Waals surface area contributed by atoms with E-state index in [0.29, 0.717) is 42.6 Å². The van der Waals surface area contributed by atoms with Gasteiger partial charge < -0.3 is 9.64 Å². The molecule has 0 radical (unpaired) electrons. The van der Waals surface area contributed by atoms with E-state index in [0.717, 1.165) is 37.2 Å². The maximum atomic E-state index is 12.8. The Morgan fingerprint density at radius 1 is 1.00 bits per heavy atom. The molecule has 0 saturated carbocycles. The van der Waals surface area contributed by atoms with Crippen molar-refractivity contribution >= 4 is 17.5 Å². The summed E-state index contributed by atoms with van der Waals surface area (Å²) in [4.78, 5) is 16.6. The SMILES string of the molecule is CC(C)CCC(=O)N1CCN(CC(OCc2ccc(C(F)(F)F)cc2)c2ccc(Cl)cc2)CC1. The fraction of sp³-hybridized carbons (Fsp3) is 0.500. The average molecular weight is 497 g/mol. The second-order valence-electron chi connectivity index (χ2n) is 9.16. The first kappa shape index (κ1) is 26.5. The summed E-state index contributed by atoms with van der Waals surface area (Å²) in [6, 6.07) is 12.5. The molecule has 0 aromatic heterocycles. The van der Waals surface area contributed by atoms with Crippen LogP contribution in [0, 0.1) is 5.92 Å². The lowest BCUT2D eigenvalue weighted by Crippen LogP contribution is -2.49. The van der Waals surface area contributed by atoms with E-state index in [1.807, 2.05) is 17.0 Å². The van der Waals surface area contributed by atoms with Gasteiger partial charge in [-0.2, -0.15) is 13.2 Å². The molecule has 1 saturated heterocycles. The van der Waals surface area contributed by atoms with Gasteiger partial charge in [-0.3, -0.25) is 9.69 Å². The number of piperazine rings is 1. The Hall–Kier alpha value is -2.09. The third kappa shape index (κ3) is 8.00. The molecule has 34 heavy (non-hydrogen) atoms. The molecule has 1 aliphatic rings. The van der Waals surface area contributed by atoms with E-state index in [9.17, 15) is 18.0 Å². The molecule has 0 spiro atoms. The van der Waals surface area contributed by atoms with Crippen LogP contribution in [0.3, 0.4) is 0 Å². The topological polar surface area (TPSA) is 32.8 Å². The van der Waals surface area contributed by atoms with Crippen molar-refractivity contribution in [3.05, 3.63) is 70.2 Å². The number of carbonyl (C=O) groups is 1. The third-order valence-electron chi connectivity index (χ3n) is 6.06. The number of carbonyl (C=O) groups excluding carboxylic acids is 1. The molecule has 2 aromatic carbocycles. The second-order valence-corrected chi connectivity index (χ2v) is 9.60. The van der Waals surface area contributed by atoms with Gasteiger partial charge in [0, 0.05) is 44.2 Å². The van der Waals surface area contributed by atoms with Crippen molar-refractivity contribution in [1.29, 1.82) is 0 Å². The van der Waals surface area contributed by atoms with Crippen LogP contribution in [0.5, 0.6) is 0 Å². The summed E-state index contributed by atoms with van der Waals surface area (Å²) in [5.74, 6) is 0.716. The molecule has 8 heteroatoms. The maximum Gasteiger partial charge on any atom is 0.416 e. The first-order valence-corrected chi connectivity index (χ1v) is 12.0. The number of hydrogen-bond acceptors (Lipinski definition) is 3. The molecule has 2 aromatic rings. The van der Waals surface area contributed by atoms with Crippen molar-refractivity contribution in [2.45, 2.75) is 45.6 Å². The fourth-order valence-corrected chi connectivity index (χ4v) is 4.03. The fourth-order valence-electron chi connectivity index (χ4n) is 3.90. The van der Waals surface area contributed by atoms with Crippen LogP contribution in [0.15, 0.2) is 48.5 Å². The summed E-state index contributed by atoms with van der Waals surface area (Å²) < 4.78 is 44.7. The molecule has 0 N–H and O–H groups in total. The van der Waals surface area contributed by atoms with Gasteiger partial charge in [-0.05, 0) is 47.7 Å². The van der Waals surface area contributed by atoms with E-state index in [1.165, 1.54) is 12.1 Å². The molecular formula is C26H32ClF3N2O2. The lowest BCUT2D eigenvalue weighted by atomic mass is 10.1. The van der Waals surface area contributed by atoms with E-state index < -0.39 is 11.7 Å². The highest BCUT2D eigenvalue weighted by Gasteiger charge is 2.30. The quantitative estimate of drug-likeness (QED) is 0.414. The van der Waals surface area contributed by atoms with Gasteiger partial charge in [0.25, 0.3) is 0 Å². The monoisotopic (exact) mass is 496 g/mol. The highest BCUT2D eigenvalue weighted by molar-refractivity contribution is 6.30. The normalized spacial score (nSPS) is 16.1. The molecule has 0 aliphatic carbocycles. The molecule has 186 valence electrons. The zero-order valence-electron chi connectivity index (χ0n) is 19.7. The summed E-state index contributed by atoms with van der Waals surface area (Å²) >= 11 is 6.04. The molecule has 4 nitrogen and oxygen atoms in total. The van der Waals surface area contributed by atoms with Crippen molar-refractivity contribution in [2.75, 3.05) is 32.7 Å². The summed E-state index contributed by atoms with van der Waals surface area (Å²) in [6.07, 6.45) is -3.15. The summed E-state index contributed by atoms with van der Waals surface area (Å²) in [5, 5.41) is 0.624. The molecule has 1 amide bonds. The smallest absolute Gasteiger partial charge is 0.368 e. The Morgan fingerprint density at radius 2 is 1.62 bits per heavy atom. The predicted molar refractivity (Wildman–Crippen MR) is 128 cm³/mol. The molecule has 1 fully saturated rings. The summed E-state index contributed by atoms with van der Waals surface area (Å²) in [6.45, 7) is 7.92. The van der Waals surface area contributed by atoms with Crippen molar-refractivity contribution in [3.8, 4) is 0 Å². The average Bonchev–Trinajstić information content (AvgIpc) is 2.81. The molecule has 1 heterocycles. The Balaban J connectivity index is 1.60.